The van der Waals surface area contributed by atoms with Crippen LogP contribution < -0.4 is 15.4 Å². The van der Waals surface area contributed by atoms with Gasteiger partial charge in [-0.1, -0.05) is 11.6 Å². The Morgan fingerprint density at radius 1 is 1.35 bits per heavy atom. The van der Waals surface area contributed by atoms with Gasteiger partial charge in [-0.15, -0.1) is 0 Å². The highest BCUT2D eigenvalue weighted by atomic mass is 35.5. The number of rotatable bonds is 6. The molecule has 1 unspecified atom stereocenters. The van der Waals surface area contributed by atoms with Crippen molar-refractivity contribution in [1.82, 2.24) is 10.6 Å². The van der Waals surface area contributed by atoms with Crippen molar-refractivity contribution >= 4 is 11.6 Å². The largest absolute Gasteiger partial charge is 0.495 e. The minimum Gasteiger partial charge on any atom is -0.495 e. The molecular weight excluding hydrogens is 236 g/mol. The third-order valence-electron chi connectivity index (χ3n) is 2.95. The average Bonchev–Trinajstić information content (AvgIpc) is 2.33. The van der Waals surface area contributed by atoms with E-state index in [4.69, 9.17) is 16.3 Å². The Balaban J connectivity index is 2.99. The molecule has 0 aliphatic carbocycles. The topological polar surface area (TPSA) is 33.3 Å². The van der Waals surface area contributed by atoms with E-state index in [2.05, 4.69) is 17.6 Å². The first-order valence-corrected chi connectivity index (χ1v) is 6.17. The molecule has 0 aliphatic heterocycles. The monoisotopic (exact) mass is 256 g/mol. The van der Waals surface area contributed by atoms with E-state index in [0.29, 0.717) is 11.1 Å². The summed E-state index contributed by atoms with van der Waals surface area (Å²) in [5.74, 6) is 0.733. The van der Waals surface area contributed by atoms with E-state index in [0.717, 1.165) is 18.7 Å². The Bertz CT molecular complexity index is 369. The molecule has 0 aromatic heterocycles. The minimum absolute atomic E-state index is 0.311. The Hall–Kier alpha value is -0.770. The highest BCUT2D eigenvalue weighted by Gasteiger charge is 2.14. The fourth-order valence-electron chi connectivity index (χ4n) is 1.95. The zero-order chi connectivity index (χ0) is 12.8. The molecule has 1 rings (SSSR count). The summed E-state index contributed by atoms with van der Waals surface area (Å²) in [5.41, 5.74) is 2.43. The number of nitrogens with one attached hydrogen (secondary N) is 2. The fourth-order valence-corrected chi connectivity index (χ4v) is 2.20. The summed E-state index contributed by atoms with van der Waals surface area (Å²) in [5, 5.41) is 7.15. The number of aryl methyl sites for hydroxylation is 1. The number of hydrogen-bond donors (Lipinski definition) is 2. The molecule has 0 spiro atoms. The van der Waals surface area contributed by atoms with Crippen LogP contribution in [0.25, 0.3) is 0 Å². The minimum atomic E-state index is 0.311. The van der Waals surface area contributed by atoms with Gasteiger partial charge in [0.1, 0.15) is 5.75 Å². The normalized spacial score (nSPS) is 12.5. The second-order valence-electron chi connectivity index (χ2n) is 4.08. The molecule has 2 N–H and O–H groups in total. The second kappa shape index (κ2) is 6.84. The molecule has 1 atom stereocenters. The van der Waals surface area contributed by atoms with Crippen molar-refractivity contribution in [3.05, 3.63) is 28.3 Å². The molecule has 0 aliphatic rings. The van der Waals surface area contributed by atoms with Crippen LogP contribution in [-0.2, 0) is 0 Å². The van der Waals surface area contributed by atoms with Crippen LogP contribution in [0.1, 0.15) is 23.6 Å². The molecule has 1 aromatic carbocycles. The smallest absolute Gasteiger partial charge is 0.137 e. The standard InChI is InChI=1S/C13H21ClN2O/c1-9-7-13(17-4)11(14)8-10(9)12(16-3)5-6-15-2/h7-8,12,15-16H,5-6H2,1-4H3. The van der Waals surface area contributed by atoms with Gasteiger partial charge in [-0.3, -0.25) is 0 Å². The summed E-state index contributed by atoms with van der Waals surface area (Å²) in [6.45, 7) is 3.05. The number of ether oxygens (including phenoxy) is 1. The molecule has 17 heavy (non-hydrogen) atoms. The maximum absolute atomic E-state index is 6.17. The van der Waals surface area contributed by atoms with Crippen molar-refractivity contribution in [2.45, 2.75) is 19.4 Å². The van der Waals surface area contributed by atoms with Gasteiger partial charge in [-0.2, -0.15) is 0 Å². The highest BCUT2D eigenvalue weighted by Crippen LogP contribution is 2.31. The molecule has 4 heteroatoms. The Kier molecular flexibility index (Phi) is 5.75. The molecule has 0 bridgehead atoms. The molecule has 96 valence electrons. The van der Waals surface area contributed by atoms with Crippen LogP contribution in [0, 0.1) is 6.92 Å². The number of benzene rings is 1. The van der Waals surface area contributed by atoms with Crippen molar-refractivity contribution < 1.29 is 4.74 Å². The van der Waals surface area contributed by atoms with Gasteiger partial charge < -0.3 is 15.4 Å². The predicted octanol–water partition coefficient (Wildman–Crippen LogP) is 2.53. The maximum atomic E-state index is 6.17. The SMILES string of the molecule is CNCCC(NC)c1cc(Cl)c(OC)cc1C. The van der Waals surface area contributed by atoms with Gasteiger partial charge in [0.15, 0.2) is 0 Å². The molecule has 3 nitrogen and oxygen atoms in total. The van der Waals surface area contributed by atoms with Crippen LogP contribution in [0.4, 0.5) is 0 Å². The molecule has 0 saturated carbocycles. The number of methoxy groups -OCH3 is 1. The van der Waals surface area contributed by atoms with Crippen LogP contribution in [0.2, 0.25) is 5.02 Å². The van der Waals surface area contributed by atoms with Crippen molar-refractivity contribution in [1.29, 1.82) is 0 Å². The van der Waals surface area contributed by atoms with E-state index in [-0.39, 0.29) is 0 Å². The van der Waals surface area contributed by atoms with Crippen molar-refractivity contribution in [2.75, 3.05) is 27.7 Å². The molecule has 0 radical (unpaired) electrons. The van der Waals surface area contributed by atoms with E-state index < -0.39 is 0 Å². The first-order chi connectivity index (χ1) is 8.13. The van der Waals surface area contributed by atoms with Crippen LogP contribution in [-0.4, -0.2) is 27.7 Å². The molecule has 0 amide bonds. The summed E-state index contributed by atoms with van der Waals surface area (Å²) < 4.78 is 5.21. The van der Waals surface area contributed by atoms with Gasteiger partial charge in [-0.25, -0.2) is 0 Å². The molecule has 1 aromatic rings. The van der Waals surface area contributed by atoms with Crippen LogP contribution in [0.3, 0.4) is 0 Å². The summed E-state index contributed by atoms with van der Waals surface area (Å²) in [6.07, 6.45) is 1.02. The van der Waals surface area contributed by atoms with Crippen molar-refractivity contribution in [3.63, 3.8) is 0 Å². The predicted molar refractivity (Wildman–Crippen MR) is 73.1 cm³/mol. The van der Waals surface area contributed by atoms with Gasteiger partial charge in [0.2, 0.25) is 0 Å². The zero-order valence-corrected chi connectivity index (χ0v) is 11.7. The molecule has 0 heterocycles. The Morgan fingerprint density at radius 3 is 2.59 bits per heavy atom. The lowest BCUT2D eigenvalue weighted by molar-refractivity contribution is 0.414. The van der Waals surface area contributed by atoms with Gasteiger partial charge in [0.25, 0.3) is 0 Å². The Labute approximate surface area is 109 Å². The first kappa shape index (κ1) is 14.3. The van der Waals surface area contributed by atoms with Crippen molar-refractivity contribution in [2.24, 2.45) is 0 Å². The van der Waals surface area contributed by atoms with Gasteiger partial charge in [0, 0.05) is 6.04 Å². The lowest BCUT2D eigenvalue weighted by Crippen LogP contribution is -2.22. The summed E-state index contributed by atoms with van der Waals surface area (Å²) in [7, 11) is 5.56. The van der Waals surface area contributed by atoms with E-state index in [1.807, 2.05) is 26.2 Å². The van der Waals surface area contributed by atoms with Gasteiger partial charge >= 0.3 is 0 Å². The fraction of sp³-hybridized carbons (Fsp3) is 0.538. The van der Waals surface area contributed by atoms with E-state index in [9.17, 15) is 0 Å². The molecule has 0 fully saturated rings. The second-order valence-corrected chi connectivity index (χ2v) is 4.48. The summed E-state index contributed by atoms with van der Waals surface area (Å²) in [4.78, 5) is 0. The third kappa shape index (κ3) is 3.60. The van der Waals surface area contributed by atoms with Crippen LogP contribution >= 0.6 is 11.6 Å². The quantitative estimate of drug-likeness (QED) is 0.821. The van der Waals surface area contributed by atoms with E-state index in [1.54, 1.807) is 7.11 Å². The number of halogens is 1. The molecular formula is C13H21ClN2O. The maximum Gasteiger partial charge on any atom is 0.137 e. The van der Waals surface area contributed by atoms with Crippen molar-refractivity contribution in [3.8, 4) is 5.75 Å². The zero-order valence-electron chi connectivity index (χ0n) is 10.9. The Morgan fingerprint density at radius 2 is 2.06 bits per heavy atom. The first-order valence-electron chi connectivity index (χ1n) is 5.80. The lowest BCUT2D eigenvalue weighted by atomic mass is 9.98. The lowest BCUT2D eigenvalue weighted by Gasteiger charge is -2.20. The molecule has 0 saturated heterocycles. The van der Waals surface area contributed by atoms with E-state index in [1.165, 1.54) is 11.1 Å². The third-order valence-corrected chi connectivity index (χ3v) is 3.24. The van der Waals surface area contributed by atoms with Gasteiger partial charge in [0.05, 0.1) is 12.1 Å². The van der Waals surface area contributed by atoms with Gasteiger partial charge in [-0.05, 0) is 57.2 Å². The summed E-state index contributed by atoms with van der Waals surface area (Å²) >= 11 is 6.17. The van der Waals surface area contributed by atoms with Crippen LogP contribution in [0.15, 0.2) is 12.1 Å². The summed E-state index contributed by atoms with van der Waals surface area (Å²) in [6, 6.07) is 4.29. The van der Waals surface area contributed by atoms with Crippen LogP contribution in [0.5, 0.6) is 5.75 Å². The average molecular weight is 257 g/mol. The van der Waals surface area contributed by atoms with E-state index >= 15 is 0 Å². The highest BCUT2D eigenvalue weighted by molar-refractivity contribution is 6.32. The number of hydrogen-bond acceptors (Lipinski definition) is 3.